The summed E-state index contributed by atoms with van der Waals surface area (Å²) in [5.74, 6) is -8.12. The summed E-state index contributed by atoms with van der Waals surface area (Å²) in [6.07, 6.45) is -3.74. The van der Waals surface area contributed by atoms with Gasteiger partial charge in [0.1, 0.15) is 76.7 Å². The number of ketones is 2. The molecule has 10 bridgehead atoms. The molecule has 30 heteroatoms. The van der Waals surface area contributed by atoms with Crippen LogP contribution in [-0.2, 0) is 25.6 Å². The highest BCUT2D eigenvalue weighted by atomic mass is 32.1. The third kappa shape index (κ3) is 15.0. The van der Waals surface area contributed by atoms with E-state index in [2.05, 4.69) is 49.4 Å². The molecule has 1 aliphatic rings. The van der Waals surface area contributed by atoms with Gasteiger partial charge in [-0.1, -0.05) is 62.5 Å². The van der Waals surface area contributed by atoms with E-state index in [-0.39, 0.29) is 79.0 Å². The van der Waals surface area contributed by atoms with E-state index < -0.39 is 102 Å². The van der Waals surface area contributed by atoms with Gasteiger partial charge in [0, 0.05) is 74.0 Å². The number of carbonyl (C=O) groups is 8. The fraction of sp³-hybridized carbons (Fsp3) is 0.230. The summed E-state index contributed by atoms with van der Waals surface area (Å²) in [5, 5.41) is 63.1. The third-order valence-electron chi connectivity index (χ3n) is 14.5. The van der Waals surface area contributed by atoms with Crippen LogP contribution in [0.5, 0.6) is 5.75 Å². The Kier molecular flexibility index (Phi) is 19.8. The number of allylic oxidation sites excluding steroid dienone is 1. The van der Waals surface area contributed by atoms with Gasteiger partial charge in [-0.05, 0) is 49.2 Å². The maximum absolute atomic E-state index is 14.8. The standard InChI is InChI=1S/C61H54N12O12S6/c1-26(61(84)85)17-44(76)28(3)63-52(81)40-24-89-57(70-40)36-16-15-34-49(64-36)39-21-88-58(67-39)43-25-90-60(71-43)47(27(2)29(4)74)72-51(80)37(18-31-11-13-33(75)14-12-31)65-53(82)41-23-87-56(69-41)35(50(79)32-9-7-6-8-10-32)19-45(77)48-30(5)91-59(73-48)38(20-46(62)78)66-54(83)42-22-86-55(34)68-42/h6-16,21-25,27,29,35,37-38,47,50,74-75,79H,1,3,17-20H2,2,4-5H3,(H2,62,78)(H,63,81)(H,65,82)(H,66,83)(H,72,80)(H,84,85). The van der Waals surface area contributed by atoms with E-state index in [1.54, 1.807) is 86.1 Å². The van der Waals surface area contributed by atoms with Crippen LogP contribution in [0.1, 0.15) is 130 Å². The maximum atomic E-state index is 14.8. The molecular weight excluding hydrogens is 1290 g/mol. The molecular formula is C61H54N12O12S6. The molecule has 7 unspecified atom stereocenters. The van der Waals surface area contributed by atoms with Crippen molar-refractivity contribution in [1.29, 1.82) is 0 Å². The van der Waals surface area contributed by atoms with E-state index in [0.29, 0.717) is 48.0 Å². The first-order chi connectivity index (χ1) is 43.5. The Morgan fingerprint density at radius 1 is 0.681 bits per heavy atom. The number of aromatic nitrogens is 7. The summed E-state index contributed by atoms with van der Waals surface area (Å²) >= 11 is 6.62. The highest BCUT2D eigenvalue weighted by molar-refractivity contribution is 7.15. The summed E-state index contributed by atoms with van der Waals surface area (Å²) in [6.45, 7) is 11.9. The molecule has 24 nitrogen and oxygen atoms in total. The van der Waals surface area contributed by atoms with Crippen molar-refractivity contribution in [2.45, 2.75) is 82.7 Å². The number of phenols is 1. The molecule has 10 N–H and O–H groups in total. The lowest BCUT2D eigenvalue weighted by molar-refractivity contribution is -0.133. The number of aromatic hydroxyl groups is 1. The Labute approximate surface area is 541 Å². The number of carboxylic acid groups (broad SMARTS) is 1. The van der Waals surface area contributed by atoms with Gasteiger partial charge >= 0.3 is 5.97 Å². The molecule has 0 fully saturated rings. The molecule has 8 heterocycles. The topological polar surface area (TPSA) is 382 Å². The van der Waals surface area contributed by atoms with Crippen molar-refractivity contribution in [2.24, 2.45) is 11.7 Å². The second kappa shape index (κ2) is 27.9. The van der Waals surface area contributed by atoms with Crippen molar-refractivity contribution >= 4 is 115 Å². The summed E-state index contributed by atoms with van der Waals surface area (Å²) < 4.78 is 0. The number of primary amides is 1. The molecule has 1 aliphatic heterocycles. The number of hydrogen-bond donors (Lipinski definition) is 9. The molecule has 91 heavy (non-hydrogen) atoms. The first-order valence-electron chi connectivity index (χ1n) is 27.6. The number of pyridine rings is 1. The number of nitrogens with one attached hydrogen (secondary N) is 4. The van der Waals surface area contributed by atoms with Crippen LogP contribution in [0.25, 0.3) is 43.4 Å². The molecule has 5 amide bonds. The van der Waals surface area contributed by atoms with Crippen molar-refractivity contribution < 1.29 is 58.8 Å². The molecule has 2 aromatic carbocycles. The number of Topliss-reactive ketones (excluding diaryl/α,β-unsaturated/α-hetero) is 2. The fourth-order valence-electron chi connectivity index (χ4n) is 9.41. The lowest BCUT2D eigenvalue weighted by Gasteiger charge is -2.28. The fourth-order valence-corrected chi connectivity index (χ4v) is 14.7. The van der Waals surface area contributed by atoms with Crippen LogP contribution in [0, 0.1) is 12.8 Å². The van der Waals surface area contributed by atoms with Gasteiger partial charge in [0.15, 0.2) is 11.6 Å². The van der Waals surface area contributed by atoms with E-state index in [4.69, 9.17) is 25.7 Å². The molecule has 0 saturated heterocycles. The number of aliphatic hydroxyl groups excluding tert-OH is 2. The zero-order valence-corrected chi connectivity index (χ0v) is 53.1. The number of aryl methyl sites for hydroxylation is 1. The van der Waals surface area contributed by atoms with Gasteiger partial charge in [-0.3, -0.25) is 33.6 Å². The summed E-state index contributed by atoms with van der Waals surface area (Å²) in [7, 11) is 0. The minimum absolute atomic E-state index is 0.00578. The first-order valence-corrected chi connectivity index (χ1v) is 32.8. The monoisotopic (exact) mass is 1340 g/mol. The smallest absolute Gasteiger partial charge is 0.331 e. The van der Waals surface area contributed by atoms with Crippen LogP contribution in [0.15, 0.2) is 118 Å². The van der Waals surface area contributed by atoms with Gasteiger partial charge in [-0.2, -0.15) is 0 Å². The van der Waals surface area contributed by atoms with Crippen molar-refractivity contribution in [3.05, 3.63) is 172 Å². The van der Waals surface area contributed by atoms with Gasteiger partial charge in [-0.15, -0.1) is 68.0 Å². The maximum Gasteiger partial charge on any atom is 0.331 e. The number of benzene rings is 2. The van der Waals surface area contributed by atoms with Crippen LogP contribution in [0.4, 0.5) is 0 Å². The first kappa shape index (κ1) is 64.7. The number of nitrogens with two attached hydrogens (primary N) is 1. The number of fused-ring (bicyclic) bond motifs is 14. The molecule has 10 rings (SSSR count). The number of aliphatic hydroxyl groups is 2. The largest absolute Gasteiger partial charge is 0.508 e. The quantitative estimate of drug-likeness (QED) is 0.0435. The van der Waals surface area contributed by atoms with Crippen molar-refractivity contribution in [3.8, 4) is 49.1 Å². The second-order valence-electron chi connectivity index (χ2n) is 21.0. The highest BCUT2D eigenvalue weighted by Gasteiger charge is 2.36. The molecule has 466 valence electrons. The Hall–Kier alpha value is -9.27. The Bertz CT molecular complexity index is 4320. The number of amides is 5. The van der Waals surface area contributed by atoms with E-state index in [0.717, 1.165) is 45.3 Å². The number of carboxylic acids is 1. The van der Waals surface area contributed by atoms with E-state index in [9.17, 15) is 58.8 Å². The van der Waals surface area contributed by atoms with Crippen LogP contribution >= 0.6 is 68.0 Å². The average molecular weight is 1340 g/mol. The van der Waals surface area contributed by atoms with Gasteiger partial charge < -0.3 is 47.4 Å². The van der Waals surface area contributed by atoms with Crippen LogP contribution in [0.2, 0.25) is 0 Å². The predicted molar refractivity (Wildman–Crippen MR) is 343 cm³/mol. The molecule has 0 aliphatic carbocycles. The number of nitrogens with zero attached hydrogens (tertiary/aromatic N) is 7. The second-order valence-corrected chi connectivity index (χ2v) is 26.6. The molecule has 0 spiro atoms. The Balaban J connectivity index is 1.05. The summed E-state index contributed by atoms with van der Waals surface area (Å²) in [6, 6.07) is 14.6. The average Bonchev–Trinajstić information content (AvgIpc) is 1.72. The SMILES string of the molecule is C=C(CC(=O)C(=C)NC(=O)c1csc(-c2ccc3c(n2)-c2csc(n2)-c2csc(n2)C(C(C)C(C)O)NC(=O)C(Cc2ccc(O)cc2)NC(=O)c2csc(n2)C(C(O)c2ccccc2)CC(=O)c2nc(sc2C)C(CC(N)=O)NC(=O)c2csc-3n2)n1)C(=O)O. The molecule has 7 atom stereocenters. The molecule has 7 aromatic heterocycles. The predicted octanol–water partition coefficient (Wildman–Crippen LogP) is 8.31. The Morgan fingerprint density at radius 2 is 1.31 bits per heavy atom. The normalized spacial score (nSPS) is 17.3. The lowest BCUT2D eigenvalue weighted by atomic mass is 9.90. The molecule has 9 aromatic rings. The number of carbonyl (C=O) groups excluding carboxylic acids is 7. The highest BCUT2D eigenvalue weighted by Crippen LogP contribution is 2.41. The van der Waals surface area contributed by atoms with Gasteiger partial charge in [-0.25, -0.2) is 39.7 Å². The van der Waals surface area contributed by atoms with Gasteiger partial charge in [0.05, 0.1) is 47.1 Å². The summed E-state index contributed by atoms with van der Waals surface area (Å²) in [4.78, 5) is 142. The van der Waals surface area contributed by atoms with Crippen LogP contribution in [-0.4, -0.2) is 115 Å². The molecule has 0 radical (unpaired) electrons. The minimum atomic E-state index is -1.38. The summed E-state index contributed by atoms with van der Waals surface area (Å²) in [5.41, 5.74) is 7.35. The number of phenolic OH excluding ortho intramolecular Hbond substituents is 1. The number of rotatable bonds is 15. The lowest BCUT2D eigenvalue weighted by Crippen LogP contribution is -2.50. The van der Waals surface area contributed by atoms with Crippen molar-refractivity contribution in [2.75, 3.05) is 0 Å². The zero-order chi connectivity index (χ0) is 64.9. The molecule has 0 saturated carbocycles. The van der Waals surface area contributed by atoms with E-state index in [1.165, 1.54) is 50.9 Å². The van der Waals surface area contributed by atoms with E-state index in [1.807, 2.05) is 0 Å². The van der Waals surface area contributed by atoms with Gasteiger partial charge in [0.25, 0.3) is 17.7 Å². The zero-order valence-electron chi connectivity index (χ0n) is 48.2. The van der Waals surface area contributed by atoms with Gasteiger partial charge in [0.2, 0.25) is 11.8 Å². The number of thiazole rings is 6. The number of hydrogen-bond acceptors (Lipinski definition) is 24. The van der Waals surface area contributed by atoms with Crippen molar-refractivity contribution in [1.82, 2.24) is 56.2 Å². The minimum Gasteiger partial charge on any atom is -0.508 e. The third-order valence-corrected chi connectivity index (χ3v) is 20.1. The van der Waals surface area contributed by atoms with Crippen molar-refractivity contribution in [3.63, 3.8) is 0 Å². The van der Waals surface area contributed by atoms with Crippen LogP contribution in [0.3, 0.4) is 0 Å². The van der Waals surface area contributed by atoms with E-state index >= 15 is 0 Å². The Morgan fingerprint density at radius 3 is 2.02 bits per heavy atom. The van der Waals surface area contributed by atoms with Crippen LogP contribution < -0.4 is 27.0 Å². The number of aliphatic carboxylic acids is 1.